The molecule has 0 aliphatic rings. The Labute approximate surface area is 148 Å². The summed E-state index contributed by atoms with van der Waals surface area (Å²) in [6, 6.07) is 10.9. The molecule has 0 unspecified atom stereocenters. The first-order valence-corrected chi connectivity index (χ1v) is 8.25. The monoisotopic (exact) mass is 337 g/mol. The van der Waals surface area contributed by atoms with Crippen LogP contribution in [0, 0.1) is 0 Å². The van der Waals surface area contributed by atoms with Crippen molar-refractivity contribution in [2.24, 2.45) is 0 Å². The number of hydrogen-bond donors (Lipinski definition) is 1. The number of rotatable bonds is 6. The second-order valence-electron chi connectivity index (χ2n) is 5.74. The SMILES string of the molecule is CC/C=C(/C)C(=O)NCc1ccc(N(C)C(=O)c2ccncc2)cc1. The summed E-state index contributed by atoms with van der Waals surface area (Å²) >= 11 is 0. The molecule has 2 rings (SSSR count). The van der Waals surface area contributed by atoms with Crippen LogP contribution >= 0.6 is 0 Å². The number of aromatic nitrogens is 1. The van der Waals surface area contributed by atoms with Gasteiger partial charge in [-0.1, -0.05) is 25.1 Å². The molecule has 1 aromatic heterocycles. The van der Waals surface area contributed by atoms with Gasteiger partial charge < -0.3 is 10.2 Å². The predicted octanol–water partition coefficient (Wildman–Crippen LogP) is 3.33. The predicted molar refractivity (Wildman–Crippen MR) is 99.3 cm³/mol. The van der Waals surface area contributed by atoms with Gasteiger partial charge >= 0.3 is 0 Å². The van der Waals surface area contributed by atoms with Gasteiger partial charge in [-0.25, -0.2) is 0 Å². The normalized spacial score (nSPS) is 11.1. The van der Waals surface area contributed by atoms with Gasteiger partial charge in [0.2, 0.25) is 5.91 Å². The number of nitrogens with zero attached hydrogens (tertiary/aromatic N) is 2. The standard InChI is InChI=1S/C20H23N3O2/c1-4-5-15(2)19(24)22-14-16-6-8-18(9-7-16)23(3)20(25)17-10-12-21-13-11-17/h5-13H,4,14H2,1-3H3,(H,22,24)/b15-5-. The molecule has 130 valence electrons. The van der Waals surface area contributed by atoms with Crippen LogP contribution in [0.2, 0.25) is 0 Å². The minimum atomic E-state index is -0.0937. The quantitative estimate of drug-likeness (QED) is 0.823. The molecule has 0 saturated heterocycles. The van der Waals surface area contributed by atoms with Crippen LogP contribution in [0.5, 0.6) is 0 Å². The third-order valence-electron chi connectivity index (χ3n) is 3.88. The summed E-state index contributed by atoms with van der Waals surface area (Å²) in [6.07, 6.45) is 5.94. The number of carbonyl (C=O) groups is 2. The van der Waals surface area contributed by atoms with Crippen molar-refractivity contribution < 1.29 is 9.59 Å². The number of carbonyl (C=O) groups excluding carboxylic acids is 2. The molecular weight excluding hydrogens is 314 g/mol. The summed E-state index contributed by atoms with van der Waals surface area (Å²) < 4.78 is 0. The molecule has 1 N–H and O–H groups in total. The number of pyridine rings is 1. The molecule has 25 heavy (non-hydrogen) atoms. The van der Waals surface area contributed by atoms with Gasteiger partial charge in [0.05, 0.1) is 0 Å². The third-order valence-corrected chi connectivity index (χ3v) is 3.88. The second kappa shape index (κ2) is 8.78. The summed E-state index contributed by atoms with van der Waals surface area (Å²) in [4.78, 5) is 29.8. The van der Waals surface area contributed by atoms with Crippen LogP contribution in [-0.4, -0.2) is 23.8 Å². The molecule has 0 aliphatic carbocycles. The van der Waals surface area contributed by atoms with Crippen LogP contribution in [0.3, 0.4) is 0 Å². The lowest BCUT2D eigenvalue weighted by Crippen LogP contribution is -2.26. The zero-order valence-corrected chi connectivity index (χ0v) is 14.8. The lowest BCUT2D eigenvalue weighted by molar-refractivity contribution is -0.117. The highest BCUT2D eigenvalue weighted by molar-refractivity contribution is 6.05. The molecule has 0 radical (unpaired) electrons. The molecule has 2 aromatic rings. The Balaban J connectivity index is 1.99. The zero-order valence-electron chi connectivity index (χ0n) is 14.8. The highest BCUT2D eigenvalue weighted by atomic mass is 16.2. The topological polar surface area (TPSA) is 62.3 Å². The van der Waals surface area contributed by atoms with Gasteiger partial charge in [0.15, 0.2) is 0 Å². The lowest BCUT2D eigenvalue weighted by Gasteiger charge is -2.17. The number of nitrogens with one attached hydrogen (secondary N) is 1. The minimum Gasteiger partial charge on any atom is -0.348 e. The van der Waals surface area contributed by atoms with E-state index in [1.165, 1.54) is 0 Å². The van der Waals surface area contributed by atoms with Crippen molar-refractivity contribution in [3.63, 3.8) is 0 Å². The number of amides is 2. The average Bonchev–Trinajstić information content (AvgIpc) is 2.66. The van der Waals surface area contributed by atoms with Crippen LogP contribution in [0.1, 0.15) is 36.2 Å². The number of benzene rings is 1. The Morgan fingerprint density at radius 1 is 1.12 bits per heavy atom. The largest absolute Gasteiger partial charge is 0.348 e. The van der Waals surface area contributed by atoms with E-state index in [9.17, 15) is 9.59 Å². The minimum absolute atomic E-state index is 0.0593. The van der Waals surface area contributed by atoms with Crippen molar-refractivity contribution in [2.45, 2.75) is 26.8 Å². The van der Waals surface area contributed by atoms with Gasteiger partial charge in [-0.05, 0) is 43.2 Å². The molecule has 1 heterocycles. The highest BCUT2D eigenvalue weighted by Gasteiger charge is 2.13. The van der Waals surface area contributed by atoms with E-state index in [0.717, 1.165) is 23.2 Å². The Morgan fingerprint density at radius 2 is 1.76 bits per heavy atom. The average molecular weight is 337 g/mol. The lowest BCUT2D eigenvalue weighted by atomic mass is 10.1. The first-order chi connectivity index (χ1) is 12.0. The molecule has 0 saturated carbocycles. The Bertz CT molecular complexity index is 752. The molecule has 2 amide bonds. The van der Waals surface area contributed by atoms with Crippen LogP contribution in [0.25, 0.3) is 0 Å². The highest BCUT2D eigenvalue weighted by Crippen LogP contribution is 2.16. The van der Waals surface area contributed by atoms with Crippen LogP contribution in [0.4, 0.5) is 5.69 Å². The maximum atomic E-state index is 12.4. The Morgan fingerprint density at radius 3 is 2.36 bits per heavy atom. The van der Waals surface area contributed by atoms with E-state index in [2.05, 4.69) is 10.3 Å². The summed E-state index contributed by atoms with van der Waals surface area (Å²) in [5.74, 6) is -0.153. The van der Waals surface area contributed by atoms with Crippen molar-refractivity contribution in [1.82, 2.24) is 10.3 Å². The summed E-state index contributed by atoms with van der Waals surface area (Å²) in [5.41, 5.74) is 3.08. The van der Waals surface area contributed by atoms with Gasteiger partial charge in [0.1, 0.15) is 0 Å². The van der Waals surface area contributed by atoms with Crippen molar-refractivity contribution in [1.29, 1.82) is 0 Å². The summed E-state index contributed by atoms with van der Waals surface area (Å²) in [6.45, 7) is 4.26. The van der Waals surface area contributed by atoms with Crippen LogP contribution < -0.4 is 10.2 Å². The van der Waals surface area contributed by atoms with E-state index in [-0.39, 0.29) is 11.8 Å². The number of allylic oxidation sites excluding steroid dienone is 1. The van der Waals surface area contributed by atoms with Crippen LogP contribution in [-0.2, 0) is 11.3 Å². The van der Waals surface area contributed by atoms with Crippen molar-refractivity contribution >= 4 is 17.5 Å². The fourth-order valence-electron chi connectivity index (χ4n) is 2.36. The van der Waals surface area contributed by atoms with E-state index < -0.39 is 0 Å². The van der Waals surface area contributed by atoms with E-state index in [4.69, 9.17) is 0 Å². The molecule has 0 fully saturated rings. The molecule has 0 aliphatic heterocycles. The van der Waals surface area contributed by atoms with Gasteiger partial charge in [-0.3, -0.25) is 14.6 Å². The maximum absolute atomic E-state index is 12.4. The van der Waals surface area contributed by atoms with Gasteiger partial charge in [-0.15, -0.1) is 0 Å². The molecule has 0 atom stereocenters. The summed E-state index contributed by atoms with van der Waals surface area (Å²) in [7, 11) is 1.73. The molecule has 1 aromatic carbocycles. The van der Waals surface area contributed by atoms with Gasteiger partial charge in [-0.2, -0.15) is 0 Å². The molecule has 5 nitrogen and oxygen atoms in total. The van der Waals surface area contributed by atoms with Crippen molar-refractivity contribution in [3.05, 3.63) is 71.6 Å². The smallest absolute Gasteiger partial charge is 0.258 e. The Hall–Kier alpha value is -2.95. The van der Waals surface area contributed by atoms with Crippen molar-refractivity contribution in [3.8, 4) is 0 Å². The molecule has 0 bridgehead atoms. The zero-order chi connectivity index (χ0) is 18.2. The van der Waals surface area contributed by atoms with Gasteiger partial charge in [0.25, 0.3) is 5.91 Å². The van der Waals surface area contributed by atoms with Crippen LogP contribution in [0.15, 0.2) is 60.4 Å². The summed E-state index contributed by atoms with van der Waals surface area (Å²) in [5, 5.41) is 2.89. The third kappa shape index (κ3) is 5.01. The molecule has 0 spiro atoms. The molecule has 5 heteroatoms. The van der Waals surface area contributed by atoms with E-state index in [0.29, 0.717) is 12.1 Å². The first-order valence-electron chi connectivity index (χ1n) is 8.25. The first kappa shape index (κ1) is 18.4. The molecular formula is C20H23N3O2. The Kier molecular flexibility index (Phi) is 6.46. The van der Waals surface area contributed by atoms with E-state index in [1.807, 2.05) is 44.2 Å². The fourth-order valence-corrected chi connectivity index (χ4v) is 2.36. The number of hydrogen-bond acceptors (Lipinski definition) is 3. The van der Waals surface area contributed by atoms with E-state index >= 15 is 0 Å². The number of anilines is 1. The second-order valence-corrected chi connectivity index (χ2v) is 5.74. The maximum Gasteiger partial charge on any atom is 0.258 e. The van der Waals surface area contributed by atoms with Gasteiger partial charge in [0, 0.05) is 42.8 Å². The van der Waals surface area contributed by atoms with E-state index in [1.54, 1.807) is 36.5 Å². The fraction of sp³-hybridized carbons (Fsp3) is 0.250. The van der Waals surface area contributed by atoms with Crippen molar-refractivity contribution in [2.75, 3.05) is 11.9 Å².